The molecule has 2 heterocycles. The molecule has 0 saturated carbocycles. The maximum atomic E-state index is 12.6. The largest absolute Gasteiger partial charge is 0.467 e. The van der Waals surface area contributed by atoms with Gasteiger partial charge in [0.15, 0.2) is 17.6 Å². The molecular formula is C21H20N2O6. The van der Waals surface area contributed by atoms with Crippen molar-refractivity contribution in [3.05, 3.63) is 59.8 Å². The van der Waals surface area contributed by atoms with Gasteiger partial charge in [-0.15, -0.1) is 0 Å². The summed E-state index contributed by atoms with van der Waals surface area (Å²) in [6, 6.07) is 11.4. The van der Waals surface area contributed by atoms with Crippen LogP contribution in [0.15, 0.2) is 48.7 Å². The van der Waals surface area contributed by atoms with Crippen LogP contribution in [0.3, 0.4) is 0 Å². The van der Waals surface area contributed by atoms with Gasteiger partial charge >= 0.3 is 5.97 Å². The number of aromatic amines is 1. The summed E-state index contributed by atoms with van der Waals surface area (Å²) in [6.07, 6.45) is 0.539. The van der Waals surface area contributed by atoms with E-state index in [0.717, 1.165) is 16.5 Å². The minimum absolute atomic E-state index is 0.0934. The van der Waals surface area contributed by atoms with Crippen LogP contribution < -0.4 is 14.8 Å². The number of esters is 1. The van der Waals surface area contributed by atoms with Crippen molar-refractivity contribution in [2.75, 3.05) is 13.9 Å². The third kappa shape index (κ3) is 3.74. The lowest BCUT2D eigenvalue weighted by Gasteiger charge is -2.19. The molecule has 3 aromatic rings. The molecule has 0 fully saturated rings. The Balaban J connectivity index is 1.51. The zero-order valence-electron chi connectivity index (χ0n) is 15.7. The molecule has 2 atom stereocenters. The lowest BCUT2D eigenvalue weighted by Crippen LogP contribution is -2.45. The summed E-state index contributed by atoms with van der Waals surface area (Å²) in [5.41, 5.74) is 2.12. The average Bonchev–Trinajstić information content (AvgIpc) is 3.38. The topological polar surface area (TPSA) is 110 Å². The second kappa shape index (κ2) is 7.84. The highest BCUT2D eigenvalue weighted by atomic mass is 16.7. The molecule has 1 aromatic heterocycles. The molecule has 1 aliphatic heterocycles. The standard InChI is InChI=1S/C21H20N2O6/c1-27-21(26)16(8-13-10-22-15-5-3-2-4-14(13)15)23-20(25)19(24)12-6-7-17-18(9-12)29-11-28-17/h2-7,9-10,16,19,22,24H,8,11H2,1H3,(H,23,25)/t16-,19?/m1/s1. The Kier molecular flexibility index (Phi) is 5.09. The molecule has 1 unspecified atom stereocenters. The summed E-state index contributed by atoms with van der Waals surface area (Å²) in [5.74, 6) is -0.300. The first-order valence-electron chi connectivity index (χ1n) is 9.07. The van der Waals surface area contributed by atoms with Gasteiger partial charge in [0.05, 0.1) is 7.11 Å². The van der Waals surface area contributed by atoms with Crippen molar-refractivity contribution in [1.29, 1.82) is 0 Å². The molecule has 3 N–H and O–H groups in total. The lowest BCUT2D eigenvalue weighted by molar-refractivity contribution is -0.146. The fourth-order valence-electron chi connectivity index (χ4n) is 3.34. The molecule has 0 saturated heterocycles. The number of aliphatic hydroxyl groups excluding tert-OH is 1. The summed E-state index contributed by atoms with van der Waals surface area (Å²) >= 11 is 0. The van der Waals surface area contributed by atoms with Gasteiger partial charge in [-0.1, -0.05) is 24.3 Å². The van der Waals surface area contributed by atoms with E-state index < -0.39 is 24.0 Å². The summed E-state index contributed by atoms with van der Waals surface area (Å²) in [6.45, 7) is 0.0934. The van der Waals surface area contributed by atoms with Crippen LogP contribution in [0.25, 0.3) is 10.9 Å². The molecule has 0 bridgehead atoms. The molecule has 0 aliphatic carbocycles. The Morgan fingerprint density at radius 3 is 2.83 bits per heavy atom. The smallest absolute Gasteiger partial charge is 0.328 e. The van der Waals surface area contributed by atoms with Gasteiger partial charge in [0, 0.05) is 23.5 Å². The Bertz CT molecular complexity index is 1060. The Morgan fingerprint density at radius 1 is 1.21 bits per heavy atom. The second-order valence-electron chi connectivity index (χ2n) is 6.66. The highest BCUT2D eigenvalue weighted by molar-refractivity contribution is 5.89. The van der Waals surface area contributed by atoms with Crippen LogP contribution in [-0.4, -0.2) is 41.9 Å². The van der Waals surface area contributed by atoms with Crippen molar-refractivity contribution in [3.8, 4) is 11.5 Å². The van der Waals surface area contributed by atoms with Crippen molar-refractivity contribution in [2.24, 2.45) is 0 Å². The van der Waals surface area contributed by atoms with Gasteiger partial charge in [0.1, 0.15) is 6.04 Å². The van der Waals surface area contributed by atoms with Crippen molar-refractivity contribution >= 4 is 22.8 Å². The predicted octanol–water partition coefficient (Wildman–Crippen LogP) is 1.83. The highest BCUT2D eigenvalue weighted by Gasteiger charge is 2.28. The molecule has 0 spiro atoms. The Hall–Kier alpha value is -3.52. The number of fused-ring (bicyclic) bond motifs is 2. The van der Waals surface area contributed by atoms with Gasteiger partial charge in [0.25, 0.3) is 5.91 Å². The van der Waals surface area contributed by atoms with Crippen LogP contribution in [0, 0.1) is 0 Å². The van der Waals surface area contributed by atoms with Crippen LogP contribution in [0.4, 0.5) is 0 Å². The van der Waals surface area contributed by atoms with Crippen molar-refractivity contribution in [2.45, 2.75) is 18.6 Å². The third-order valence-electron chi connectivity index (χ3n) is 4.86. The highest BCUT2D eigenvalue weighted by Crippen LogP contribution is 2.34. The molecule has 29 heavy (non-hydrogen) atoms. The number of methoxy groups -OCH3 is 1. The molecule has 150 valence electrons. The number of carbonyl (C=O) groups excluding carboxylic acids is 2. The minimum atomic E-state index is -1.47. The number of ether oxygens (including phenoxy) is 3. The molecular weight excluding hydrogens is 376 g/mol. The van der Waals surface area contributed by atoms with Crippen LogP contribution in [0.1, 0.15) is 17.2 Å². The maximum Gasteiger partial charge on any atom is 0.328 e. The summed E-state index contributed by atoms with van der Waals surface area (Å²) < 4.78 is 15.3. The quantitative estimate of drug-likeness (QED) is 0.549. The number of para-hydroxylation sites is 1. The van der Waals surface area contributed by atoms with E-state index in [-0.39, 0.29) is 13.2 Å². The summed E-state index contributed by atoms with van der Waals surface area (Å²) in [4.78, 5) is 28.0. The zero-order chi connectivity index (χ0) is 20.4. The third-order valence-corrected chi connectivity index (χ3v) is 4.86. The van der Waals surface area contributed by atoms with Crippen LogP contribution in [0.5, 0.6) is 11.5 Å². The Labute approximate surface area is 166 Å². The van der Waals surface area contributed by atoms with Gasteiger partial charge in [-0.3, -0.25) is 4.79 Å². The number of amides is 1. The second-order valence-corrected chi connectivity index (χ2v) is 6.66. The first-order chi connectivity index (χ1) is 14.1. The van der Waals surface area contributed by atoms with Crippen molar-refractivity contribution < 1.29 is 28.9 Å². The number of benzene rings is 2. The molecule has 2 aromatic carbocycles. The summed E-state index contributed by atoms with van der Waals surface area (Å²) in [5, 5.41) is 14.0. The minimum Gasteiger partial charge on any atom is -0.467 e. The monoisotopic (exact) mass is 396 g/mol. The van der Waals surface area contributed by atoms with E-state index in [1.54, 1.807) is 24.4 Å². The SMILES string of the molecule is COC(=O)[C@@H](Cc1c[nH]c2ccccc12)NC(=O)C(O)c1ccc2c(c1)OCO2. The average molecular weight is 396 g/mol. The number of hydrogen-bond acceptors (Lipinski definition) is 6. The predicted molar refractivity (Wildman–Crippen MR) is 103 cm³/mol. The van der Waals surface area contributed by atoms with Crippen molar-refractivity contribution in [1.82, 2.24) is 10.3 Å². The number of hydrogen-bond donors (Lipinski definition) is 3. The van der Waals surface area contributed by atoms with E-state index in [1.165, 1.54) is 7.11 Å². The van der Waals surface area contributed by atoms with Gasteiger partial charge in [-0.05, 0) is 29.3 Å². The maximum absolute atomic E-state index is 12.6. The van der Waals surface area contributed by atoms with E-state index in [0.29, 0.717) is 17.1 Å². The molecule has 4 rings (SSSR count). The van der Waals surface area contributed by atoms with Crippen LogP contribution in [-0.2, 0) is 20.7 Å². The zero-order valence-corrected chi connectivity index (χ0v) is 15.7. The van der Waals surface area contributed by atoms with E-state index in [9.17, 15) is 14.7 Å². The van der Waals surface area contributed by atoms with Crippen LogP contribution in [0.2, 0.25) is 0 Å². The van der Waals surface area contributed by atoms with Gasteiger partial charge < -0.3 is 29.6 Å². The normalized spacial score (nSPS) is 14.4. The molecule has 1 aliphatic rings. The number of nitrogens with one attached hydrogen (secondary N) is 2. The van der Waals surface area contributed by atoms with Gasteiger partial charge in [0.2, 0.25) is 6.79 Å². The Morgan fingerprint density at radius 2 is 2.00 bits per heavy atom. The van der Waals surface area contributed by atoms with Gasteiger partial charge in [-0.25, -0.2) is 4.79 Å². The number of rotatable bonds is 6. The molecule has 8 nitrogen and oxygen atoms in total. The number of carbonyl (C=O) groups is 2. The van der Waals surface area contributed by atoms with Crippen LogP contribution >= 0.6 is 0 Å². The molecule has 0 radical (unpaired) electrons. The number of aliphatic hydroxyl groups is 1. The van der Waals surface area contributed by atoms with E-state index in [4.69, 9.17) is 14.2 Å². The number of H-pyrrole nitrogens is 1. The van der Waals surface area contributed by atoms with Gasteiger partial charge in [-0.2, -0.15) is 0 Å². The fourth-order valence-corrected chi connectivity index (χ4v) is 3.34. The van der Waals surface area contributed by atoms with E-state index >= 15 is 0 Å². The molecule has 8 heteroatoms. The summed E-state index contributed by atoms with van der Waals surface area (Å²) in [7, 11) is 1.25. The first-order valence-corrected chi connectivity index (χ1v) is 9.07. The molecule has 1 amide bonds. The van der Waals surface area contributed by atoms with E-state index in [1.807, 2.05) is 24.3 Å². The van der Waals surface area contributed by atoms with Crippen molar-refractivity contribution in [3.63, 3.8) is 0 Å². The lowest BCUT2D eigenvalue weighted by atomic mass is 10.0. The fraction of sp³-hybridized carbons (Fsp3) is 0.238. The van der Waals surface area contributed by atoms with E-state index in [2.05, 4.69) is 10.3 Å². The number of aromatic nitrogens is 1. The first kappa shape index (κ1) is 18.8.